The molecular weight excluding hydrogens is 2070 g/mol. The van der Waals surface area contributed by atoms with Gasteiger partial charge in [0.25, 0.3) is 0 Å². The maximum absolute atomic E-state index is 8.64. The van der Waals surface area contributed by atoms with Crippen molar-refractivity contribution in [2.75, 3.05) is 0 Å². The first-order valence-corrected chi connectivity index (χ1v) is 91.0. The lowest BCUT2D eigenvalue weighted by molar-refractivity contribution is 0.264. The fourth-order valence-corrected chi connectivity index (χ4v) is 105. The van der Waals surface area contributed by atoms with Gasteiger partial charge in [-0.15, -0.1) is 0 Å². The Morgan fingerprint density at radius 3 is 0.194 bits per heavy atom. The Balaban J connectivity index is 0.849. The molecule has 15 rings (SSSR count). The van der Waals surface area contributed by atoms with Crippen LogP contribution in [0.5, 0.6) is 0 Å². The first-order chi connectivity index (χ1) is 68.4. The zero-order chi connectivity index (χ0) is 103. The van der Waals surface area contributed by atoms with Gasteiger partial charge in [-0.1, -0.05) is 455 Å². The molecule has 15 aromatic carbocycles. The van der Waals surface area contributed by atoms with Crippen LogP contribution < -0.4 is 77.8 Å². The Morgan fingerprint density at radius 2 is 0.139 bits per heavy atom. The molecule has 0 heterocycles. The minimum absolute atomic E-state index is 0.845. The summed E-state index contributed by atoms with van der Waals surface area (Å²) in [5.41, 5.74) is 0. The van der Waals surface area contributed by atoms with Crippen molar-refractivity contribution in [2.24, 2.45) is 0 Å². The van der Waals surface area contributed by atoms with Crippen molar-refractivity contribution in [2.45, 2.75) is 137 Å². The molecule has 14 atom stereocenters. The third kappa shape index (κ3) is 26.4. The molecule has 0 saturated heterocycles. The highest BCUT2D eigenvalue weighted by Gasteiger charge is 2.64. The van der Waals surface area contributed by atoms with Crippen LogP contribution in [0.2, 0.25) is 137 Å². The molecule has 16 nitrogen and oxygen atoms in total. The van der Waals surface area contributed by atoms with Crippen LogP contribution in [0.3, 0.4) is 0 Å². The summed E-state index contributed by atoms with van der Waals surface area (Å²) in [7, 11) is -63.7. The van der Waals surface area contributed by atoms with Gasteiger partial charge in [0, 0.05) is 0 Å². The van der Waals surface area contributed by atoms with Crippen LogP contribution in [0.4, 0.5) is 0 Å². The topological polar surface area (TPSA) is 148 Å². The van der Waals surface area contributed by atoms with Gasteiger partial charge in [0.2, 0.25) is 0 Å². The third-order valence-electron chi connectivity index (χ3n) is 25.9. The standard InChI is InChI=1S/C111H138O16Si17/c1-128(2,3)112-130(7,97-67-37-22-38-68-97)114-132(9,99-71-41-24-42-72-99)116-134(11,101-75-45-26-46-76-101)118-136(13,103-79-49-28-50-80-103)120-138(15,105-83-53-30-54-84-105)122-140(17,107-87-57-32-58-88-107)124-142(19,109-91-61-34-62-92-109)126-144(21,111-95-65-36-66-96-111)127-143(20,110-93-63-35-64-94-110)125-141(18,108-89-59-33-60-90-108)123-139(16,106-85-55-31-56-86-106)121-137(14,104-81-51-29-52-82-104)119-135(12,102-77-47-27-48-78-102)117-133(10,100-73-43-25-44-74-100)115-131(8,113-129(4,5)6)98-69-39-23-40-70-98/h22-96H,1-21H3. The Hall–Kier alpha value is -8.65. The number of hydrogen-bond acceptors (Lipinski definition) is 16. The normalized spacial score (nSPS) is 18.5. The van der Waals surface area contributed by atoms with E-state index in [2.05, 4.69) is 501 Å². The van der Waals surface area contributed by atoms with Gasteiger partial charge >= 0.3 is 128 Å². The van der Waals surface area contributed by atoms with Crippen molar-refractivity contribution in [3.8, 4) is 0 Å². The monoisotopic (exact) mass is 2200 g/mol. The molecule has 144 heavy (non-hydrogen) atoms. The van der Waals surface area contributed by atoms with Gasteiger partial charge in [-0.3, -0.25) is 0 Å². The predicted molar refractivity (Wildman–Crippen MR) is 629 cm³/mol. The fourth-order valence-electron chi connectivity index (χ4n) is 19.6. The third-order valence-corrected chi connectivity index (χ3v) is 98.3. The van der Waals surface area contributed by atoms with E-state index in [1.807, 2.05) is 91.0 Å². The van der Waals surface area contributed by atoms with Gasteiger partial charge in [0.1, 0.15) is 0 Å². The second-order valence-electron chi connectivity index (χ2n) is 40.5. The van der Waals surface area contributed by atoms with Gasteiger partial charge in [0.15, 0.2) is 16.6 Å². The van der Waals surface area contributed by atoms with Gasteiger partial charge in [-0.05, 0) is 215 Å². The lowest BCUT2D eigenvalue weighted by atomic mass is 10.4. The minimum Gasteiger partial charge on any atom is -0.433 e. The van der Waals surface area contributed by atoms with Crippen molar-refractivity contribution in [3.05, 3.63) is 455 Å². The number of benzene rings is 15. The highest BCUT2D eigenvalue weighted by molar-refractivity contribution is 7.09. The van der Waals surface area contributed by atoms with Gasteiger partial charge < -0.3 is 65.8 Å². The summed E-state index contributed by atoms with van der Waals surface area (Å²) < 4.78 is 133. The molecule has 0 N–H and O–H groups in total. The summed E-state index contributed by atoms with van der Waals surface area (Å²) >= 11 is 0. The molecule has 0 bridgehead atoms. The average Bonchev–Trinajstić information content (AvgIpc) is 0.732. The van der Waals surface area contributed by atoms with Crippen molar-refractivity contribution < 1.29 is 65.8 Å². The highest BCUT2D eigenvalue weighted by atomic mass is 28.5. The highest BCUT2D eigenvalue weighted by Crippen LogP contribution is 2.37. The molecule has 0 saturated carbocycles. The van der Waals surface area contributed by atoms with E-state index >= 15 is 0 Å². The van der Waals surface area contributed by atoms with Crippen molar-refractivity contribution in [3.63, 3.8) is 0 Å². The molecule has 33 heteroatoms. The SMILES string of the molecule is C[Si](C)(C)O[Si](C)(O[Si](C)(O[Si](C)(O[Si](C)(O[Si](C)(O[Si](C)(O[Si](C)(O[Si](C)(O[Si](C)(O[Si](C)(O[Si](C)(O[Si](C)(O[Si](C)(O[Si](C)(O[Si](C)(O[Si](C)(C)C)c1ccccc1)c1ccccc1)c1ccccc1)c1ccccc1)c1ccccc1)c1ccccc1)c1ccccc1)c1ccccc1)c1ccccc1)c1ccccc1)c1ccccc1)c1ccccc1)c1ccccc1)c1ccccc1)c1ccccc1. The van der Waals surface area contributed by atoms with Crippen molar-refractivity contribution in [1.29, 1.82) is 0 Å². The summed E-state index contributed by atoms with van der Waals surface area (Å²) in [6, 6.07) is 156. The Kier molecular flexibility index (Phi) is 34.5. The van der Waals surface area contributed by atoms with Crippen LogP contribution >= 0.6 is 0 Å². The van der Waals surface area contributed by atoms with E-state index in [1.54, 1.807) is 0 Å². The summed E-state index contributed by atoms with van der Waals surface area (Å²) in [6.45, 7) is 45.8. The summed E-state index contributed by atoms with van der Waals surface area (Å²) in [5.74, 6) is 0. The van der Waals surface area contributed by atoms with E-state index < -0.39 is 145 Å². The Morgan fingerprint density at radius 1 is 0.0833 bits per heavy atom. The van der Waals surface area contributed by atoms with E-state index in [9.17, 15) is 0 Å². The summed E-state index contributed by atoms with van der Waals surface area (Å²) in [6.07, 6.45) is 0. The van der Waals surface area contributed by atoms with Crippen molar-refractivity contribution >= 4 is 223 Å². The number of hydrogen-bond donors (Lipinski definition) is 0. The fraction of sp³-hybridized carbons (Fsp3) is 0.189. The molecular formula is C111H138O16Si17. The second kappa shape index (κ2) is 45.4. The lowest BCUT2D eigenvalue weighted by Crippen LogP contribution is -2.76. The van der Waals surface area contributed by atoms with Crippen LogP contribution in [0.25, 0.3) is 0 Å². The summed E-state index contributed by atoms with van der Waals surface area (Å²) in [5, 5.41) is 13.4. The molecule has 0 aliphatic heterocycles. The maximum atomic E-state index is 8.64. The van der Waals surface area contributed by atoms with Crippen LogP contribution in [-0.2, 0) is 65.8 Å². The molecule has 0 spiro atoms. The molecule has 0 fully saturated rings. The van der Waals surface area contributed by atoms with Crippen LogP contribution in [0, 0.1) is 0 Å². The summed E-state index contributed by atoms with van der Waals surface area (Å²) in [4.78, 5) is 0. The van der Waals surface area contributed by atoms with Crippen LogP contribution in [0.1, 0.15) is 0 Å². The first-order valence-electron chi connectivity index (χ1n) is 49.4. The van der Waals surface area contributed by atoms with Crippen LogP contribution in [0.15, 0.2) is 455 Å². The molecule has 0 radical (unpaired) electrons. The molecule has 0 aromatic heterocycles. The number of rotatable bonds is 47. The smallest absolute Gasteiger partial charge is 0.352 e. The van der Waals surface area contributed by atoms with Crippen LogP contribution in [-0.4, -0.2) is 145 Å². The molecule has 0 aliphatic carbocycles. The van der Waals surface area contributed by atoms with Crippen molar-refractivity contribution in [1.82, 2.24) is 0 Å². The second-order valence-corrected chi connectivity index (χ2v) is 99.1. The molecule has 14 unspecified atom stereocenters. The van der Waals surface area contributed by atoms with E-state index in [-0.39, 0.29) is 0 Å². The zero-order valence-corrected chi connectivity index (χ0v) is 104. The largest absolute Gasteiger partial charge is 0.433 e. The zero-order valence-electron chi connectivity index (χ0n) is 86.8. The minimum atomic E-state index is -4.17. The average molecular weight is 2210 g/mol. The quantitative estimate of drug-likeness (QED) is 0.0333. The molecule has 0 aliphatic rings. The van der Waals surface area contributed by atoms with E-state index in [1.165, 1.54) is 0 Å². The molecule has 0 amide bonds. The van der Waals surface area contributed by atoms with E-state index in [0.29, 0.717) is 0 Å². The Labute approximate surface area is 873 Å². The van der Waals surface area contributed by atoms with E-state index in [4.69, 9.17) is 65.8 Å². The van der Waals surface area contributed by atoms with Gasteiger partial charge in [0.05, 0.1) is 0 Å². The molecule has 15 aromatic rings. The Bertz CT molecular complexity index is 6010. The molecule has 746 valence electrons. The predicted octanol–water partition coefficient (Wildman–Crippen LogP) is 17.6. The maximum Gasteiger partial charge on any atom is 0.352 e. The lowest BCUT2D eigenvalue weighted by Gasteiger charge is -2.49. The van der Waals surface area contributed by atoms with Gasteiger partial charge in [-0.2, -0.15) is 0 Å². The first kappa shape index (κ1) is 110. The van der Waals surface area contributed by atoms with E-state index in [0.717, 1.165) is 77.8 Å². The van der Waals surface area contributed by atoms with Gasteiger partial charge in [-0.25, -0.2) is 0 Å².